The number of hydrogen-bond donors (Lipinski definition) is 0. The van der Waals surface area contributed by atoms with Gasteiger partial charge in [-0.2, -0.15) is 0 Å². The van der Waals surface area contributed by atoms with Crippen molar-refractivity contribution in [1.82, 2.24) is 0 Å². The van der Waals surface area contributed by atoms with E-state index in [4.69, 9.17) is 0 Å². The monoisotopic (exact) mass is 304 g/mol. The predicted octanol–water partition coefficient (Wildman–Crippen LogP) is 2.04. The summed E-state index contributed by atoms with van der Waals surface area (Å²) in [5, 5.41) is 0. The normalized spacial score (nSPS) is 9.57. The third-order valence-electron chi connectivity index (χ3n) is 1.57. The first-order valence-corrected chi connectivity index (χ1v) is 5.20. The van der Waals surface area contributed by atoms with Crippen molar-refractivity contribution >= 4 is 34.3 Å². The Balaban J connectivity index is 2.79. The summed E-state index contributed by atoms with van der Waals surface area (Å²) in [5.74, 6) is -1.39. The number of esters is 1. The van der Waals surface area contributed by atoms with Crippen LogP contribution in [-0.2, 0) is 9.53 Å². The zero-order chi connectivity index (χ0) is 10.6. The van der Waals surface area contributed by atoms with Crippen molar-refractivity contribution in [1.29, 1.82) is 0 Å². The number of halogens is 1. The number of benzene rings is 1. The largest absolute Gasteiger partial charge is 0.460 e. The molecule has 0 N–H and O–H groups in total. The highest BCUT2D eigenvalue weighted by molar-refractivity contribution is 14.1. The Morgan fingerprint density at radius 3 is 2.36 bits per heavy atom. The van der Waals surface area contributed by atoms with Crippen LogP contribution < -0.4 is 0 Å². The fourth-order valence-corrected chi connectivity index (χ4v) is 1.28. The Morgan fingerprint density at radius 2 is 1.86 bits per heavy atom. The molecule has 0 saturated heterocycles. The van der Waals surface area contributed by atoms with Gasteiger partial charge < -0.3 is 4.74 Å². The predicted molar refractivity (Wildman–Crippen MR) is 60.1 cm³/mol. The van der Waals surface area contributed by atoms with E-state index in [1.807, 2.05) is 0 Å². The zero-order valence-corrected chi connectivity index (χ0v) is 9.78. The summed E-state index contributed by atoms with van der Waals surface area (Å²) in [6, 6.07) is 6.77. The quantitative estimate of drug-likeness (QED) is 0.371. The Hall–Kier alpha value is -0.910. The second-order valence-corrected chi connectivity index (χ2v) is 3.80. The maximum atomic E-state index is 11.4. The number of rotatable bonds is 3. The first kappa shape index (κ1) is 11.2. The summed E-state index contributed by atoms with van der Waals surface area (Å²) < 4.78 is 5.61. The van der Waals surface area contributed by atoms with E-state index in [2.05, 4.69) is 27.3 Å². The molecule has 0 atom stereocenters. The average Bonchev–Trinajstić information content (AvgIpc) is 2.18. The van der Waals surface area contributed by atoms with E-state index in [-0.39, 0.29) is 6.61 Å². The van der Waals surface area contributed by atoms with Gasteiger partial charge in [0.15, 0.2) is 0 Å². The molecule has 4 heteroatoms. The van der Waals surface area contributed by atoms with Gasteiger partial charge in [0.2, 0.25) is 0 Å². The average molecular weight is 304 g/mol. The number of ketones is 1. The number of hydrogen-bond acceptors (Lipinski definition) is 3. The first-order valence-electron chi connectivity index (χ1n) is 4.12. The lowest BCUT2D eigenvalue weighted by molar-refractivity contribution is -0.137. The molecule has 0 fully saturated rings. The first-order chi connectivity index (χ1) is 6.65. The zero-order valence-electron chi connectivity index (χ0n) is 7.62. The van der Waals surface area contributed by atoms with Crippen molar-refractivity contribution in [3.05, 3.63) is 33.4 Å². The van der Waals surface area contributed by atoms with E-state index in [0.29, 0.717) is 5.56 Å². The maximum absolute atomic E-state index is 11.4. The SMILES string of the molecule is CCOC(=O)C(=O)c1ccc(I)cc1. The number of carbonyl (C=O) groups excluding carboxylic acids is 2. The molecule has 3 nitrogen and oxygen atoms in total. The van der Waals surface area contributed by atoms with Gasteiger partial charge in [0, 0.05) is 9.13 Å². The van der Waals surface area contributed by atoms with E-state index < -0.39 is 11.8 Å². The highest BCUT2D eigenvalue weighted by Crippen LogP contribution is 2.07. The van der Waals surface area contributed by atoms with Crippen molar-refractivity contribution < 1.29 is 14.3 Å². The Bertz CT molecular complexity index is 343. The molecule has 0 aliphatic heterocycles. The minimum atomic E-state index is -0.797. The molecule has 0 aliphatic carbocycles. The van der Waals surface area contributed by atoms with Crippen molar-refractivity contribution in [2.75, 3.05) is 6.61 Å². The van der Waals surface area contributed by atoms with Gasteiger partial charge in [-0.25, -0.2) is 4.79 Å². The third-order valence-corrected chi connectivity index (χ3v) is 2.29. The molecule has 0 saturated carbocycles. The van der Waals surface area contributed by atoms with Gasteiger partial charge in [0.25, 0.3) is 5.78 Å². The number of carbonyl (C=O) groups is 2. The van der Waals surface area contributed by atoms with E-state index in [9.17, 15) is 9.59 Å². The van der Waals surface area contributed by atoms with Crippen LogP contribution in [0.1, 0.15) is 17.3 Å². The van der Waals surface area contributed by atoms with Gasteiger partial charge in [0.1, 0.15) is 0 Å². The van der Waals surface area contributed by atoms with Gasteiger partial charge in [0.05, 0.1) is 6.61 Å². The maximum Gasteiger partial charge on any atom is 0.379 e. The second-order valence-electron chi connectivity index (χ2n) is 2.56. The molecule has 1 aromatic carbocycles. The Morgan fingerprint density at radius 1 is 1.29 bits per heavy atom. The fourth-order valence-electron chi connectivity index (χ4n) is 0.916. The summed E-state index contributed by atoms with van der Waals surface area (Å²) in [5.41, 5.74) is 0.365. The lowest BCUT2D eigenvalue weighted by atomic mass is 10.1. The van der Waals surface area contributed by atoms with Gasteiger partial charge in [-0.3, -0.25) is 4.79 Å². The Labute approximate surface area is 95.6 Å². The minimum absolute atomic E-state index is 0.217. The summed E-state index contributed by atoms with van der Waals surface area (Å²) in [6.45, 7) is 1.88. The second kappa shape index (κ2) is 5.09. The Kier molecular flexibility index (Phi) is 4.06. The van der Waals surface area contributed by atoms with Gasteiger partial charge in [-0.1, -0.05) is 0 Å². The highest BCUT2D eigenvalue weighted by Gasteiger charge is 2.16. The summed E-state index contributed by atoms with van der Waals surface area (Å²) in [6.07, 6.45) is 0. The lowest BCUT2D eigenvalue weighted by Gasteiger charge is -2.00. The molecular weight excluding hydrogens is 295 g/mol. The molecule has 0 bridgehead atoms. The molecule has 74 valence electrons. The standard InChI is InChI=1S/C10H9IO3/c1-2-14-10(13)9(12)7-3-5-8(11)6-4-7/h3-6H,2H2,1H3. The molecular formula is C10H9IO3. The van der Waals surface area contributed by atoms with Gasteiger partial charge >= 0.3 is 5.97 Å². The molecule has 0 amide bonds. The van der Waals surface area contributed by atoms with E-state index >= 15 is 0 Å². The van der Waals surface area contributed by atoms with E-state index in [0.717, 1.165) is 3.57 Å². The molecule has 1 aromatic rings. The van der Waals surface area contributed by atoms with Gasteiger partial charge in [-0.05, 0) is 53.8 Å². The van der Waals surface area contributed by atoms with Crippen LogP contribution in [0.5, 0.6) is 0 Å². The molecule has 1 rings (SSSR count). The number of Topliss-reactive ketones (excluding diaryl/α,β-unsaturated/α-hetero) is 1. The molecule has 0 spiro atoms. The third kappa shape index (κ3) is 2.80. The molecule has 0 aromatic heterocycles. The fraction of sp³-hybridized carbons (Fsp3) is 0.200. The summed E-state index contributed by atoms with van der Waals surface area (Å²) in [4.78, 5) is 22.4. The van der Waals surface area contributed by atoms with Crippen molar-refractivity contribution in [3.63, 3.8) is 0 Å². The molecule has 0 heterocycles. The smallest absolute Gasteiger partial charge is 0.379 e. The summed E-state index contributed by atoms with van der Waals surface area (Å²) >= 11 is 2.13. The van der Waals surface area contributed by atoms with Crippen LogP contribution in [0.3, 0.4) is 0 Å². The van der Waals surface area contributed by atoms with Crippen molar-refractivity contribution in [2.24, 2.45) is 0 Å². The molecule has 14 heavy (non-hydrogen) atoms. The van der Waals surface area contributed by atoms with Crippen LogP contribution in [0.4, 0.5) is 0 Å². The van der Waals surface area contributed by atoms with Crippen LogP contribution >= 0.6 is 22.6 Å². The van der Waals surface area contributed by atoms with E-state index in [1.165, 1.54) is 0 Å². The van der Waals surface area contributed by atoms with Crippen LogP contribution in [0.25, 0.3) is 0 Å². The summed E-state index contributed by atoms with van der Waals surface area (Å²) in [7, 11) is 0. The topological polar surface area (TPSA) is 43.4 Å². The van der Waals surface area contributed by atoms with Gasteiger partial charge in [-0.15, -0.1) is 0 Å². The molecule has 0 unspecified atom stereocenters. The lowest BCUT2D eigenvalue weighted by Crippen LogP contribution is -2.17. The van der Waals surface area contributed by atoms with Crippen LogP contribution in [0, 0.1) is 3.57 Å². The highest BCUT2D eigenvalue weighted by atomic mass is 127. The van der Waals surface area contributed by atoms with Crippen molar-refractivity contribution in [3.8, 4) is 0 Å². The molecule has 0 aliphatic rings. The number of ether oxygens (including phenoxy) is 1. The van der Waals surface area contributed by atoms with Crippen LogP contribution in [0.2, 0.25) is 0 Å². The van der Waals surface area contributed by atoms with Crippen LogP contribution in [0.15, 0.2) is 24.3 Å². The minimum Gasteiger partial charge on any atom is -0.460 e. The van der Waals surface area contributed by atoms with E-state index in [1.54, 1.807) is 31.2 Å². The van der Waals surface area contributed by atoms with Crippen molar-refractivity contribution in [2.45, 2.75) is 6.92 Å². The molecule has 0 radical (unpaired) electrons. The van der Waals surface area contributed by atoms with Crippen LogP contribution in [-0.4, -0.2) is 18.4 Å².